The molecule has 0 aromatic heterocycles. The van der Waals surface area contributed by atoms with E-state index in [1.807, 2.05) is 39.8 Å². The van der Waals surface area contributed by atoms with Crippen LogP contribution in [0.15, 0.2) is 0 Å². The molecule has 0 unspecified atom stereocenters. The summed E-state index contributed by atoms with van der Waals surface area (Å²) in [4.78, 5) is 0. The van der Waals surface area contributed by atoms with Crippen molar-refractivity contribution in [3.05, 3.63) is 0 Å². The number of nitrogens with zero attached hydrogens (tertiary/aromatic N) is 2. The van der Waals surface area contributed by atoms with Crippen molar-refractivity contribution in [1.29, 1.82) is 10.5 Å². The maximum atomic E-state index is 8.60. The van der Waals surface area contributed by atoms with Gasteiger partial charge in [-0.25, -0.2) is 0 Å². The Kier molecular flexibility index (Phi) is 6.74. The standard InChI is InChI=1S/C12H24N3O2P/c1-11(2)18(15,12(3)4,16-9-5-7-13)17-10-6-8-14/h11-12H,5-6,9-10,15H2,1-4H3. The molecule has 5 nitrogen and oxygen atoms in total. The van der Waals surface area contributed by atoms with Crippen molar-refractivity contribution in [2.75, 3.05) is 13.2 Å². The first-order valence-electron chi connectivity index (χ1n) is 6.18. The third-order valence-corrected chi connectivity index (χ3v) is 8.74. The zero-order chi connectivity index (χ0) is 14.3. The average Bonchev–Trinajstić information content (AvgIpc) is 2.29. The van der Waals surface area contributed by atoms with E-state index in [4.69, 9.17) is 25.1 Å². The van der Waals surface area contributed by atoms with Crippen LogP contribution in [0.2, 0.25) is 0 Å². The quantitative estimate of drug-likeness (QED) is 0.542. The molecular formula is C12H24N3O2P. The van der Waals surface area contributed by atoms with E-state index in [0.717, 1.165) is 0 Å². The Balaban J connectivity index is 5.07. The molecule has 0 aliphatic carbocycles. The van der Waals surface area contributed by atoms with Crippen molar-refractivity contribution in [2.24, 2.45) is 5.50 Å². The van der Waals surface area contributed by atoms with Gasteiger partial charge >= 0.3 is 109 Å². The van der Waals surface area contributed by atoms with Crippen LogP contribution < -0.4 is 5.50 Å². The van der Waals surface area contributed by atoms with Gasteiger partial charge in [-0.3, -0.25) is 0 Å². The Hall–Kier alpha value is -0.710. The zero-order valence-electron chi connectivity index (χ0n) is 11.7. The van der Waals surface area contributed by atoms with Crippen LogP contribution in [0.5, 0.6) is 0 Å². The molecule has 0 aliphatic heterocycles. The number of nitriles is 2. The van der Waals surface area contributed by atoms with Gasteiger partial charge in [-0.1, -0.05) is 0 Å². The topological polar surface area (TPSA) is 92.1 Å². The van der Waals surface area contributed by atoms with Crippen LogP contribution in [0.1, 0.15) is 40.5 Å². The monoisotopic (exact) mass is 273 g/mol. The summed E-state index contributed by atoms with van der Waals surface area (Å²) in [5.41, 5.74) is 6.60. The molecule has 6 heteroatoms. The van der Waals surface area contributed by atoms with E-state index < -0.39 is 7.21 Å². The van der Waals surface area contributed by atoms with Crippen LogP contribution in [0.25, 0.3) is 0 Å². The van der Waals surface area contributed by atoms with Gasteiger partial charge in [0.15, 0.2) is 0 Å². The Morgan fingerprint density at radius 2 is 1.28 bits per heavy atom. The van der Waals surface area contributed by atoms with E-state index in [1.165, 1.54) is 0 Å². The van der Waals surface area contributed by atoms with Crippen molar-refractivity contribution in [1.82, 2.24) is 0 Å². The van der Waals surface area contributed by atoms with Gasteiger partial charge in [-0.15, -0.1) is 0 Å². The van der Waals surface area contributed by atoms with Crippen LogP contribution in [0.3, 0.4) is 0 Å². The maximum absolute atomic E-state index is 8.60. The van der Waals surface area contributed by atoms with Gasteiger partial charge in [0, 0.05) is 0 Å². The molecule has 0 spiro atoms. The molecule has 0 aromatic rings. The van der Waals surface area contributed by atoms with Gasteiger partial charge < -0.3 is 0 Å². The third kappa shape index (κ3) is 3.64. The summed E-state index contributed by atoms with van der Waals surface area (Å²) in [6.45, 7) is 8.42. The van der Waals surface area contributed by atoms with Crippen molar-refractivity contribution in [2.45, 2.75) is 51.9 Å². The molecule has 0 rings (SSSR count). The summed E-state index contributed by atoms with van der Waals surface area (Å²) in [5, 5.41) is 17.2. The molecule has 0 saturated carbocycles. The van der Waals surface area contributed by atoms with Gasteiger partial charge in [-0.2, -0.15) is 0 Å². The van der Waals surface area contributed by atoms with Gasteiger partial charge in [0.2, 0.25) is 0 Å². The molecule has 0 bridgehead atoms. The first-order chi connectivity index (χ1) is 8.32. The van der Waals surface area contributed by atoms with Gasteiger partial charge in [0.1, 0.15) is 0 Å². The SMILES string of the molecule is CC(C)P(N)(OCCC#N)(OCCC#N)C(C)C. The summed E-state index contributed by atoms with van der Waals surface area (Å²) in [5.74, 6) is 0. The second-order valence-electron chi connectivity index (χ2n) is 4.82. The second kappa shape index (κ2) is 7.02. The number of nitrogens with two attached hydrogens (primary N) is 1. The molecule has 2 N–H and O–H groups in total. The van der Waals surface area contributed by atoms with E-state index >= 15 is 0 Å². The Morgan fingerprint density at radius 3 is 1.50 bits per heavy atom. The van der Waals surface area contributed by atoms with E-state index in [9.17, 15) is 0 Å². The predicted molar refractivity (Wildman–Crippen MR) is 73.7 cm³/mol. The Morgan fingerprint density at radius 1 is 0.944 bits per heavy atom. The minimum atomic E-state index is -3.31. The Bertz CT molecular complexity index is 312. The van der Waals surface area contributed by atoms with Crippen LogP contribution in [-0.2, 0) is 9.05 Å². The van der Waals surface area contributed by atoms with Gasteiger partial charge in [0.25, 0.3) is 0 Å². The van der Waals surface area contributed by atoms with E-state index in [1.54, 1.807) is 0 Å². The van der Waals surface area contributed by atoms with Crippen LogP contribution in [0, 0.1) is 22.7 Å². The predicted octanol–water partition coefficient (Wildman–Crippen LogP) is 2.92. The summed E-state index contributed by atoms with van der Waals surface area (Å²) < 4.78 is 11.8. The number of hydrogen-bond acceptors (Lipinski definition) is 5. The van der Waals surface area contributed by atoms with Crippen molar-refractivity contribution in [3.8, 4) is 12.1 Å². The van der Waals surface area contributed by atoms with Crippen molar-refractivity contribution >= 4 is 7.21 Å². The molecule has 18 heavy (non-hydrogen) atoms. The summed E-state index contributed by atoms with van der Waals surface area (Å²) in [7, 11) is -3.31. The second-order valence-corrected chi connectivity index (χ2v) is 9.71. The minimum absolute atomic E-state index is 0.0217. The van der Waals surface area contributed by atoms with Crippen LogP contribution in [-0.4, -0.2) is 24.5 Å². The van der Waals surface area contributed by atoms with Crippen molar-refractivity contribution < 1.29 is 9.05 Å². The molecular weight excluding hydrogens is 249 g/mol. The van der Waals surface area contributed by atoms with Gasteiger partial charge in [0.05, 0.1) is 0 Å². The van der Waals surface area contributed by atoms with Gasteiger partial charge in [-0.05, 0) is 0 Å². The van der Waals surface area contributed by atoms with Crippen LogP contribution in [0.4, 0.5) is 0 Å². The normalized spacial score (nSPS) is 13.9. The van der Waals surface area contributed by atoms with Crippen molar-refractivity contribution in [3.63, 3.8) is 0 Å². The van der Waals surface area contributed by atoms with Crippen LogP contribution >= 0.6 is 7.21 Å². The van der Waals surface area contributed by atoms with E-state index in [2.05, 4.69) is 0 Å². The average molecular weight is 273 g/mol. The molecule has 0 atom stereocenters. The summed E-state index contributed by atoms with van der Waals surface area (Å²) in [6.07, 6.45) is 0.576. The molecule has 0 aliphatic rings. The fourth-order valence-corrected chi connectivity index (χ4v) is 5.23. The molecule has 0 aromatic carbocycles. The molecule has 104 valence electrons. The zero-order valence-corrected chi connectivity index (χ0v) is 12.6. The summed E-state index contributed by atoms with van der Waals surface area (Å²) in [6, 6.07) is 4.07. The summed E-state index contributed by atoms with van der Waals surface area (Å²) >= 11 is 0. The molecule has 0 fully saturated rings. The van der Waals surface area contributed by atoms with E-state index in [0.29, 0.717) is 0 Å². The molecule has 0 saturated heterocycles. The third-order valence-electron chi connectivity index (χ3n) is 3.20. The van der Waals surface area contributed by atoms with E-state index in [-0.39, 0.29) is 37.4 Å². The Labute approximate surface area is 110 Å². The first-order valence-corrected chi connectivity index (χ1v) is 8.46. The number of hydrogen-bond donors (Lipinski definition) is 1. The molecule has 0 amide bonds. The first kappa shape index (κ1) is 17.3. The number of rotatable bonds is 8. The fourth-order valence-electron chi connectivity index (χ4n) is 1.80. The molecule has 0 heterocycles. The fraction of sp³-hybridized carbons (Fsp3) is 0.833. The molecule has 0 radical (unpaired) electrons.